The predicted octanol–water partition coefficient (Wildman–Crippen LogP) is 0.977. The highest BCUT2D eigenvalue weighted by molar-refractivity contribution is 5.95. The summed E-state index contributed by atoms with van der Waals surface area (Å²) in [6.07, 6.45) is -0.841. The average Bonchev–Trinajstić information content (AvgIpc) is 2.27. The average molecular weight is 265 g/mol. The van der Waals surface area contributed by atoms with Crippen LogP contribution in [0.2, 0.25) is 0 Å². The van der Waals surface area contributed by atoms with Crippen molar-refractivity contribution in [2.45, 2.75) is 32.9 Å². The fraction of sp³-hybridized carbons (Fsp3) is 0.385. The molecule has 0 aromatic heterocycles. The normalized spacial score (nSPS) is 13.5. The molecule has 1 rings (SSSR count). The zero-order valence-electron chi connectivity index (χ0n) is 11.3. The lowest BCUT2D eigenvalue weighted by molar-refractivity contribution is -0.126. The van der Waals surface area contributed by atoms with Crippen LogP contribution in [0, 0.1) is 6.92 Å². The Bertz CT molecular complexity index is 486. The van der Waals surface area contributed by atoms with Crippen LogP contribution in [0.1, 0.15) is 31.0 Å². The molecule has 6 heteroatoms. The second-order valence-electron chi connectivity index (χ2n) is 4.44. The number of nitrogens with two attached hydrogens (primary N) is 2. The molecule has 5 N–H and O–H groups in total. The second-order valence-corrected chi connectivity index (χ2v) is 4.44. The molecule has 0 aliphatic rings. The van der Waals surface area contributed by atoms with Gasteiger partial charge in [-0.2, -0.15) is 0 Å². The Morgan fingerprint density at radius 1 is 1.32 bits per heavy atom. The molecule has 0 fully saturated rings. The third-order valence-corrected chi connectivity index (χ3v) is 2.58. The molecule has 2 atom stereocenters. The number of nitrogens with one attached hydrogen (secondary N) is 1. The van der Waals surface area contributed by atoms with Gasteiger partial charge < -0.3 is 16.2 Å². The van der Waals surface area contributed by atoms with Crippen LogP contribution in [0.4, 0.5) is 4.79 Å². The molecule has 0 spiro atoms. The minimum absolute atomic E-state index is 0.220. The molecule has 0 aliphatic carbocycles. The molecule has 1 aromatic carbocycles. The van der Waals surface area contributed by atoms with Crippen LogP contribution in [0.15, 0.2) is 18.2 Å². The van der Waals surface area contributed by atoms with Gasteiger partial charge in [0.1, 0.15) is 5.75 Å². The van der Waals surface area contributed by atoms with E-state index in [0.717, 1.165) is 11.1 Å². The van der Waals surface area contributed by atoms with E-state index in [0.29, 0.717) is 5.75 Å². The third-order valence-electron chi connectivity index (χ3n) is 2.58. The lowest BCUT2D eigenvalue weighted by Crippen LogP contribution is -2.42. The highest BCUT2D eigenvalue weighted by Gasteiger charge is 2.18. The lowest BCUT2D eigenvalue weighted by atomic mass is 10.1. The van der Waals surface area contributed by atoms with E-state index >= 15 is 0 Å². The minimum Gasteiger partial charge on any atom is -0.481 e. The Balaban J connectivity index is 2.89. The Morgan fingerprint density at radius 3 is 2.47 bits per heavy atom. The van der Waals surface area contributed by atoms with Crippen LogP contribution in [-0.2, 0) is 4.79 Å². The maximum atomic E-state index is 11.6. The van der Waals surface area contributed by atoms with Crippen LogP contribution in [-0.4, -0.2) is 18.0 Å². The number of urea groups is 1. The first-order valence-corrected chi connectivity index (χ1v) is 5.94. The second kappa shape index (κ2) is 6.19. The predicted molar refractivity (Wildman–Crippen MR) is 71.6 cm³/mol. The third kappa shape index (κ3) is 4.26. The van der Waals surface area contributed by atoms with E-state index in [1.807, 2.05) is 31.3 Å². The molecule has 0 heterocycles. The van der Waals surface area contributed by atoms with E-state index in [1.54, 1.807) is 6.07 Å². The van der Waals surface area contributed by atoms with Crippen molar-refractivity contribution in [3.05, 3.63) is 29.3 Å². The summed E-state index contributed by atoms with van der Waals surface area (Å²) < 4.78 is 5.55. The number of imide groups is 1. The molecule has 6 nitrogen and oxygen atoms in total. The summed E-state index contributed by atoms with van der Waals surface area (Å²) in [5, 5.41) is 1.97. The van der Waals surface area contributed by atoms with Gasteiger partial charge in [-0.1, -0.05) is 12.1 Å². The number of carbonyl (C=O) groups is 2. The Labute approximate surface area is 112 Å². The standard InChI is InChI=1S/C13H19N3O3/c1-7-4-5-10(8(2)14)11(6-7)19-9(3)12(17)16-13(15)18/h4-6,8-9H,14H2,1-3H3,(H3,15,16,17,18)/t8-,9?/m0/s1. The summed E-state index contributed by atoms with van der Waals surface area (Å²) >= 11 is 0. The van der Waals surface area contributed by atoms with Gasteiger partial charge in [0.05, 0.1) is 0 Å². The van der Waals surface area contributed by atoms with Crippen LogP contribution in [0.25, 0.3) is 0 Å². The van der Waals surface area contributed by atoms with Gasteiger partial charge in [0.25, 0.3) is 5.91 Å². The molecule has 0 saturated carbocycles. The van der Waals surface area contributed by atoms with Gasteiger partial charge in [-0.25, -0.2) is 4.79 Å². The van der Waals surface area contributed by atoms with Gasteiger partial charge in [0.15, 0.2) is 6.10 Å². The Hall–Kier alpha value is -2.08. The largest absolute Gasteiger partial charge is 0.481 e. The van der Waals surface area contributed by atoms with Crippen molar-refractivity contribution in [3.63, 3.8) is 0 Å². The van der Waals surface area contributed by atoms with Gasteiger partial charge in [0.2, 0.25) is 0 Å². The number of benzene rings is 1. The SMILES string of the molecule is Cc1ccc([C@H](C)N)c(OC(C)C(=O)NC(N)=O)c1. The van der Waals surface area contributed by atoms with Crippen LogP contribution >= 0.6 is 0 Å². The highest BCUT2D eigenvalue weighted by Crippen LogP contribution is 2.26. The lowest BCUT2D eigenvalue weighted by Gasteiger charge is -2.18. The van der Waals surface area contributed by atoms with E-state index in [1.165, 1.54) is 6.92 Å². The van der Waals surface area contributed by atoms with Crippen molar-refractivity contribution < 1.29 is 14.3 Å². The first-order valence-electron chi connectivity index (χ1n) is 5.94. The maximum Gasteiger partial charge on any atom is 0.318 e. The molecule has 0 saturated heterocycles. The van der Waals surface area contributed by atoms with E-state index in [2.05, 4.69) is 0 Å². The van der Waals surface area contributed by atoms with Crippen molar-refractivity contribution in [1.29, 1.82) is 0 Å². The fourth-order valence-corrected chi connectivity index (χ4v) is 1.59. The number of primary amides is 1. The van der Waals surface area contributed by atoms with E-state index in [-0.39, 0.29) is 6.04 Å². The number of amides is 3. The van der Waals surface area contributed by atoms with Crippen LogP contribution in [0.3, 0.4) is 0 Å². The molecule has 19 heavy (non-hydrogen) atoms. The van der Waals surface area contributed by atoms with Crippen molar-refractivity contribution in [1.82, 2.24) is 5.32 Å². The van der Waals surface area contributed by atoms with Crippen LogP contribution in [0.5, 0.6) is 5.75 Å². The molecule has 1 aromatic rings. The molecular formula is C13H19N3O3. The van der Waals surface area contributed by atoms with Gasteiger partial charge in [0, 0.05) is 11.6 Å². The van der Waals surface area contributed by atoms with E-state index in [9.17, 15) is 9.59 Å². The summed E-state index contributed by atoms with van der Waals surface area (Å²) in [6.45, 7) is 5.27. The number of ether oxygens (including phenoxy) is 1. The monoisotopic (exact) mass is 265 g/mol. The summed E-state index contributed by atoms with van der Waals surface area (Å²) in [5.74, 6) is -0.0632. The number of rotatable bonds is 4. The quantitative estimate of drug-likeness (QED) is 0.754. The molecule has 104 valence electrons. The maximum absolute atomic E-state index is 11.6. The summed E-state index contributed by atoms with van der Waals surface area (Å²) in [5.41, 5.74) is 12.5. The van der Waals surface area contributed by atoms with E-state index in [4.69, 9.17) is 16.2 Å². The summed E-state index contributed by atoms with van der Waals surface area (Å²) in [4.78, 5) is 22.2. The molecule has 1 unspecified atom stereocenters. The number of hydrogen-bond acceptors (Lipinski definition) is 4. The molecule has 0 radical (unpaired) electrons. The Morgan fingerprint density at radius 2 is 1.95 bits per heavy atom. The Kier molecular flexibility index (Phi) is 4.88. The first kappa shape index (κ1) is 15.0. The fourth-order valence-electron chi connectivity index (χ4n) is 1.59. The van der Waals surface area contributed by atoms with Gasteiger partial charge >= 0.3 is 6.03 Å². The molecule has 0 aliphatic heterocycles. The summed E-state index contributed by atoms with van der Waals surface area (Å²) in [6, 6.07) is 4.44. The van der Waals surface area contributed by atoms with Crippen LogP contribution < -0.4 is 21.5 Å². The zero-order chi connectivity index (χ0) is 14.6. The molecule has 3 amide bonds. The van der Waals surface area contributed by atoms with Crippen molar-refractivity contribution >= 4 is 11.9 Å². The summed E-state index contributed by atoms with van der Waals surface area (Å²) in [7, 11) is 0. The minimum atomic E-state index is -0.905. The topological polar surface area (TPSA) is 107 Å². The number of aryl methyl sites for hydroxylation is 1. The number of carbonyl (C=O) groups excluding carboxylic acids is 2. The first-order chi connectivity index (χ1) is 8.81. The smallest absolute Gasteiger partial charge is 0.318 e. The van der Waals surface area contributed by atoms with Crippen molar-refractivity contribution in [3.8, 4) is 5.75 Å². The molecular weight excluding hydrogens is 246 g/mol. The van der Waals surface area contributed by atoms with Crippen molar-refractivity contribution in [2.75, 3.05) is 0 Å². The molecule has 0 bridgehead atoms. The van der Waals surface area contributed by atoms with Gasteiger partial charge in [-0.15, -0.1) is 0 Å². The highest BCUT2D eigenvalue weighted by atomic mass is 16.5. The van der Waals surface area contributed by atoms with Crippen molar-refractivity contribution in [2.24, 2.45) is 11.5 Å². The van der Waals surface area contributed by atoms with E-state index < -0.39 is 18.0 Å². The number of hydrogen-bond donors (Lipinski definition) is 3. The van der Waals surface area contributed by atoms with Gasteiger partial charge in [-0.05, 0) is 32.4 Å². The van der Waals surface area contributed by atoms with Gasteiger partial charge in [-0.3, -0.25) is 10.1 Å². The zero-order valence-corrected chi connectivity index (χ0v) is 11.3.